The lowest BCUT2D eigenvalue weighted by Crippen LogP contribution is -2.28. The zero-order chi connectivity index (χ0) is 16.1. The van der Waals surface area contributed by atoms with Crippen molar-refractivity contribution in [2.45, 2.75) is 13.5 Å². The number of nitrogens with zero attached hydrogens (tertiary/aromatic N) is 3. The Kier molecular flexibility index (Phi) is 4.88. The molecule has 0 fully saturated rings. The lowest BCUT2D eigenvalue weighted by Gasteiger charge is -2.11. The Bertz CT molecular complexity index is 675. The van der Waals surface area contributed by atoms with Gasteiger partial charge in [-0.2, -0.15) is 0 Å². The lowest BCUT2D eigenvalue weighted by molar-refractivity contribution is 0.251. The monoisotopic (exact) mass is 303 g/mol. The number of carbonyl (C=O) groups excluding carboxylic acids is 1. The number of halogens is 1. The van der Waals surface area contributed by atoms with Crippen LogP contribution in [0.2, 0.25) is 0 Å². The molecule has 2 amide bonds. The van der Waals surface area contributed by atoms with Crippen LogP contribution in [0.1, 0.15) is 11.3 Å². The molecule has 1 heterocycles. The number of aryl methyl sites for hydroxylation is 1. The Labute approximate surface area is 128 Å². The fourth-order valence-corrected chi connectivity index (χ4v) is 1.72. The van der Waals surface area contributed by atoms with Crippen LogP contribution in [0.3, 0.4) is 0 Å². The highest BCUT2D eigenvalue weighted by Gasteiger charge is 2.06. The van der Waals surface area contributed by atoms with E-state index in [1.54, 1.807) is 36.2 Å². The molecule has 0 saturated heterocycles. The molecule has 0 atom stereocenters. The molecule has 0 unspecified atom stereocenters. The van der Waals surface area contributed by atoms with Gasteiger partial charge in [-0.15, -0.1) is 0 Å². The van der Waals surface area contributed by atoms with Crippen molar-refractivity contribution in [3.63, 3.8) is 0 Å². The van der Waals surface area contributed by atoms with Gasteiger partial charge >= 0.3 is 6.03 Å². The van der Waals surface area contributed by atoms with Gasteiger partial charge in [-0.3, -0.25) is 0 Å². The van der Waals surface area contributed by atoms with E-state index >= 15 is 0 Å². The zero-order valence-electron chi connectivity index (χ0n) is 12.7. The van der Waals surface area contributed by atoms with Crippen LogP contribution in [-0.2, 0) is 6.54 Å². The molecule has 116 valence electrons. The van der Waals surface area contributed by atoms with Gasteiger partial charge in [-0.05, 0) is 30.7 Å². The van der Waals surface area contributed by atoms with Gasteiger partial charge in [0.15, 0.2) is 0 Å². The van der Waals surface area contributed by atoms with Crippen molar-refractivity contribution in [3.8, 4) is 0 Å². The summed E-state index contributed by atoms with van der Waals surface area (Å²) < 4.78 is 13.4. The molecule has 0 aliphatic carbocycles. The van der Waals surface area contributed by atoms with Crippen molar-refractivity contribution in [2.24, 2.45) is 0 Å². The van der Waals surface area contributed by atoms with Crippen molar-refractivity contribution in [1.29, 1.82) is 0 Å². The van der Waals surface area contributed by atoms with Gasteiger partial charge < -0.3 is 15.5 Å². The van der Waals surface area contributed by atoms with Crippen LogP contribution in [0, 0.1) is 12.7 Å². The summed E-state index contributed by atoms with van der Waals surface area (Å²) in [7, 11) is 3.68. The summed E-state index contributed by atoms with van der Waals surface area (Å²) in [6.07, 6.45) is 1.63. The number of aromatic nitrogens is 2. The van der Waals surface area contributed by atoms with E-state index in [0.717, 1.165) is 0 Å². The molecule has 2 rings (SSSR count). The molecule has 1 aromatic heterocycles. The Morgan fingerprint density at radius 2 is 2.09 bits per heavy atom. The van der Waals surface area contributed by atoms with Crippen LogP contribution < -0.4 is 15.5 Å². The maximum absolute atomic E-state index is 13.4. The average molecular weight is 303 g/mol. The largest absolute Gasteiger partial charge is 0.347 e. The molecular formula is C15H18FN5O. The highest BCUT2D eigenvalue weighted by Crippen LogP contribution is 2.13. The number of carbonyl (C=O) groups is 1. The van der Waals surface area contributed by atoms with Gasteiger partial charge in [0.25, 0.3) is 0 Å². The van der Waals surface area contributed by atoms with Gasteiger partial charge in [-0.1, -0.05) is 6.07 Å². The number of urea groups is 1. The van der Waals surface area contributed by atoms with Crippen LogP contribution >= 0.6 is 0 Å². The first-order valence-electron chi connectivity index (χ1n) is 6.76. The molecular weight excluding hydrogens is 285 g/mol. The SMILES string of the molecule is Cc1ccc(NC(=O)NCc2ccnc(N(C)C)n2)cc1F. The molecule has 0 aliphatic rings. The predicted octanol–water partition coefficient (Wildman–Crippen LogP) is 2.31. The second-order valence-corrected chi connectivity index (χ2v) is 5.01. The molecule has 0 spiro atoms. The van der Waals surface area contributed by atoms with E-state index in [2.05, 4.69) is 20.6 Å². The minimum absolute atomic E-state index is 0.254. The number of anilines is 2. The second-order valence-electron chi connectivity index (χ2n) is 5.01. The van der Waals surface area contributed by atoms with E-state index in [-0.39, 0.29) is 12.4 Å². The molecule has 1 aromatic carbocycles. The molecule has 22 heavy (non-hydrogen) atoms. The Morgan fingerprint density at radius 1 is 1.32 bits per heavy atom. The molecule has 0 bridgehead atoms. The smallest absolute Gasteiger partial charge is 0.319 e. The molecule has 7 heteroatoms. The van der Waals surface area contributed by atoms with E-state index in [1.807, 2.05) is 14.1 Å². The average Bonchev–Trinajstić information content (AvgIpc) is 2.49. The van der Waals surface area contributed by atoms with Crippen LogP contribution in [0.25, 0.3) is 0 Å². The first-order chi connectivity index (χ1) is 10.5. The number of nitrogens with one attached hydrogen (secondary N) is 2. The minimum Gasteiger partial charge on any atom is -0.347 e. The second kappa shape index (κ2) is 6.84. The van der Waals surface area contributed by atoms with Crippen molar-refractivity contribution in [3.05, 3.63) is 47.5 Å². The number of hydrogen-bond acceptors (Lipinski definition) is 4. The Balaban J connectivity index is 1.92. The summed E-state index contributed by atoms with van der Waals surface area (Å²) in [5, 5.41) is 5.24. The van der Waals surface area contributed by atoms with E-state index < -0.39 is 6.03 Å². The highest BCUT2D eigenvalue weighted by molar-refractivity contribution is 5.89. The molecule has 2 aromatic rings. The summed E-state index contributed by atoms with van der Waals surface area (Å²) in [6, 6.07) is 5.84. The topological polar surface area (TPSA) is 70.2 Å². The normalized spacial score (nSPS) is 10.2. The standard InChI is InChI=1S/C15H18FN5O/c1-10-4-5-11(8-13(10)16)20-15(22)18-9-12-6-7-17-14(19-12)21(2)3/h4-8H,9H2,1-3H3,(H2,18,20,22). The zero-order valence-corrected chi connectivity index (χ0v) is 12.7. The predicted molar refractivity (Wildman–Crippen MR) is 83.4 cm³/mol. The number of rotatable bonds is 4. The third-order valence-corrected chi connectivity index (χ3v) is 2.96. The number of benzene rings is 1. The van der Waals surface area contributed by atoms with Gasteiger partial charge in [0.05, 0.1) is 12.2 Å². The molecule has 6 nitrogen and oxygen atoms in total. The quantitative estimate of drug-likeness (QED) is 0.909. The summed E-state index contributed by atoms with van der Waals surface area (Å²) in [4.78, 5) is 22.0. The van der Waals surface area contributed by atoms with Crippen LogP contribution in [0.15, 0.2) is 30.5 Å². The van der Waals surface area contributed by atoms with Crippen LogP contribution in [0.5, 0.6) is 0 Å². The van der Waals surface area contributed by atoms with Crippen LogP contribution in [-0.4, -0.2) is 30.1 Å². The molecule has 0 aliphatic heterocycles. The first-order valence-corrected chi connectivity index (χ1v) is 6.76. The van der Waals surface area contributed by atoms with Crippen molar-refractivity contribution < 1.29 is 9.18 Å². The summed E-state index contributed by atoms with van der Waals surface area (Å²) in [5.41, 5.74) is 1.62. The van der Waals surface area contributed by atoms with E-state index in [9.17, 15) is 9.18 Å². The van der Waals surface area contributed by atoms with E-state index in [0.29, 0.717) is 22.9 Å². The van der Waals surface area contributed by atoms with Gasteiger partial charge in [0, 0.05) is 26.0 Å². The fraction of sp³-hybridized carbons (Fsp3) is 0.267. The summed E-state index contributed by atoms with van der Waals surface area (Å²) >= 11 is 0. The van der Waals surface area contributed by atoms with Crippen molar-refractivity contribution in [2.75, 3.05) is 24.3 Å². The van der Waals surface area contributed by atoms with Gasteiger partial charge in [-0.25, -0.2) is 19.2 Å². The summed E-state index contributed by atoms with van der Waals surface area (Å²) in [5.74, 6) is 0.213. The van der Waals surface area contributed by atoms with Gasteiger partial charge in [0.1, 0.15) is 5.82 Å². The van der Waals surface area contributed by atoms with Crippen molar-refractivity contribution >= 4 is 17.7 Å². The summed E-state index contributed by atoms with van der Waals surface area (Å²) in [6.45, 7) is 1.92. The van der Waals surface area contributed by atoms with Crippen LogP contribution in [0.4, 0.5) is 20.8 Å². The third-order valence-electron chi connectivity index (χ3n) is 2.96. The first kappa shape index (κ1) is 15.7. The van der Waals surface area contributed by atoms with Crippen molar-refractivity contribution in [1.82, 2.24) is 15.3 Å². The number of amides is 2. The van der Waals surface area contributed by atoms with E-state index in [4.69, 9.17) is 0 Å². The Hall–Kier alpha value is -2.70. The fourth-order valence-electron chi connectivity index (χ4n) is 1.72. The maximum atomic E-state index is 13.4. The molecule has 2 N–H and O–H groups in total. The maximum Gasteiger partial charge on any atom is 0.319 e. The lowest BCUT2D eigenvalue weighted by atomic mass is 10.2. The van der Waals surface area contributed by atoms with E-state index in [1.165, 1.54) is 6.07 Å². The molecule has 0 radical (unpaired) electrons. The van der Waals surface area contributed by atoms with Gasteiger partial charge in [0.2, 0.25) is 5.95 Å². The number of hydrogen-bond donors (Lipinski definition) is 2. The highest BCUT2D eigenvalue weighted by atomic mass is 19.1. The molecule has 0 saturated carbocycles. The third kappa shape index (κ3) is 4.15. The Morgan fingerprint density at radius 3 is 2.77 bits per heavy atom. The minimum atomic E-state index is -0.423.